The van der Waals surface area contributed by atoms with Crippen molar-refractivity contribution < 1.29 is 33.8 Å². The summed E-state index contributed by atoms with van der Waals surface area (Å²) in [7, 11) is -7.88. The van der Waals surface area contributed by atoms with Crippen molar-refractivity contribution in [1.29, 1.82) is 0 Å². The average Bonchev–Trinajstić information content (AvgIpc) is 2.29. The molecule has 8 nitrogen and oxygen atoms in total. The molecule has 1 heterocycles. The van der Waals surface area contributed by atoms with Gasteiger partial charge >= 0.3 is 15.2 Å². The van der Waals surface area contributed by atoms with E-state index >= 15 is 0 Å². The molecule has 1 fully saturated rings. The fraction of sp³-hybridized carbons (Fsp3) is 1.00. The minimum atomic E-state index is -4.47. The van der Waals surface area contributed by atoms with Crippen LogP contribution in [0.25, 0.3) is 0 Å². The Hall–Kier alpha value is 0.220. The summed E-state index contributed by atoms with van der Waals surface area (Å²) in [6.07, 6.45) is 2.26. The lowest BCUT2D eigenvalue weighted by atomic mass is 10.1. The molecule has 0 aliphatic carbocycles. The largest absolute Gasteiger partial charge is 0.400 e. The van der Waals surface area contributed by atoms with Gasteiger partial charge in [0.2, 0.25) is 0 Å². The molecule has 0 radical (unpaired) electrons. The molecule has 0 aromatic rings. The van der Waals surface area contributed by atoms with Gasteiger partial charge < -0.3 is 29.6 Å². The van der Waals surface area contributed by atoms with E-state index in [9.17, 15) is 9.13 Å². The molecule has 1 saturated heterocycles. The summed E-state index contributed by atoms with van der Waals surface area (Å²) in [5.41, 5.74) is -1.28. The summed E-state index contributed by atoms with van der Waals surface area (Å²) in [5.74, 6) is 0. The molecule has 1 aliphatic heterocycles. The summed E-state index contributed by atoms with van der Waals surface area (Å²) in [5, 5.41) is 7.00. The van der Waals surface area contributed by atoms with E-state index < -0.39 is 27.0 Å². The van der Waals surface area contributed by atoms with Crippen molar-refractivity contribution in [3.63, 3.8) is 0 Å². The molecule has 1 rings (SSSR count). The van der Waals surface area contributed by atoms with Gasteiger partial charge in [0.05, 0.1) is 11.8 Å². The third-order valence-electron chi connectivity index (χ3n) is 2.84. The van der Waals surface area contributed by atoms with Gasteiger partial charge in [0, 0.05) is 13.7 Å². The van der Waals surface area contributed by atoms with E-state index in [0.717, 1.165) is 39.5 Å². The van der Waals surface area contributed by atoms with Crippen LogP contribution in [0.3, 0.4) is 0 Å². The zero-order valence-corrected chi connectivity index (χ0v) is 12.7. The number of hydrogen-bond donors (Lipinski definition) is 5. The standard InChI is InChI=1S/C8H19NO6P2.CH4O/c10-16(11,12)7-8(17(13,14)15)6-9-4-2-1-3-5-9;1-2/h8H,1-7H2,(H2,10,11,12)(H2,13,14,15);2H,1H3. The molecular weight excluding hydrogens is 296 g/mol. The Morgan fingerprint density at radius 3 is 1.84 bits per heavy atom. The molecule has 0 spiro atoms. The van der Waals surface area contributed by atoms with Gasteiger partial charge in [-0.15, -0.1) is 0 Å². The molecule has 19 heavy (non-hydrogen) atoms. The molecule has 0 aromatic carbocycles. The summed E-state index contributed by atoms with van der Waals surface area (Å²) < 4.78 is 22.1. The number of aliphatic hydroxyl groups excluding tert-OH is 1. The van der Waals surface area contributed by atoms with Gasteiger partial charge in [0.25, 0.3) is 0 Å². The molecule has 5 N–H and O–H groups in total. The number of likely N-dealkylation sites (tertiary alicyclic amines) is 1. The van der Waals surface area contributed by atoms with Gasteiger partial charge in [0.15, 0.2) is 0 Å². The molecule has 0 aromatic heterocycles. The zero-order chi connectivity index (χ0) is 15.1. The van der Waals surface area contributed by atoms with Crippen LogP contribution in [0.4, 0.5) is 0 Å². The molecular formula is C9H23NO7P2. The number of aliphatic hydroxyl groups is 1. The lowest BCUT2D eigenvalue weighted by Gasteiger charge is -2.30. The fourth-order valence-corrected chi connectivity index (χ4v) is 4.58. The second-order valence-corrected chi connectivity index (χ2v) is 8.05. The Morgan fingerprint density at radius 1 is 1.00 bits per heavy atom. The van der Waals surface area contributed by atoms with Crippen molar-refractivity contribution >= 4 is 15.2 Å². The first-order chi connectivity index (χ1) is 8.68. The first-order valence-electron chi connectivity index (χ1n) is 5.95. The Kier molecular flexibility index (Phi) is 8.59. The topological polar surface area (TPSA) is 139 Å². The molecule has 0 saturated carbocycles. The normalized spacial score (nSPS) is 19.5. The SMILES string of the molecule is CO.O=P(O)(O)CC(CN1CCCCC1)P(=O)(O)O. The summed E-state index contributed by atoms with van der Waals surface area (Å²) in [4.78, 5) is 37.7. The molecule has 1 aliphatic rings. The van der Waals surface area contributed by atoms with Crippen molar-refractivity contribution in [2.24, 2.45) is 0 Å². The minimum absolute atomic E-state index is 0.0510. The van der Waals surface area contributed by atoms with Crippen LogP contribution in [-0.4, -0.2) is 68.1 Å². The van der Waals surface area contributed by atoms with Gasteiger partial charge in [-0.2, -0.15) is 0 Å². The van der Waals surface area contributed by atoms with Crippen LogP contribution in [0.1, 0.15) is 19.3 Å². The molecule has 10 heteroatoms. The van der Waals surface area contributed by atoms with Crippen molar-refractivity contribution in [2.45, 2.75) is 24.9 Å². The highest BCUT2D eigenvalue weighted by Gasteiger charge is 2.36. The number of nitrogens with zero attached hydrogens (tertiary/aromatic N) is 1. The number of rotatable bonds is 5. The smallest absolute Gasteiger partial charge is 0.330 e. The summed E-state index contributed by atoms with van der Waals surface area (Å²) in [6.45, 7) is 1.52. The summed E-state index contributed by atoms with van der Waals surface area (Å²) in [6, 6.07) is 0. The first kappa shape index (κ1) is 19.2. The van der Waals surface area contributed by atoms with Crippen molar-refractivity contribution in [1.82, 2.24) is 4.90 Å². The monoisotopic (exact) mass is 319 g/mol. The molecule has 0 amide bonds. The van der Waals surface area contributed by atoms with Gasteiger partial charge in [-0.25, -0.2) is 0 Å². The van der Waals surface area contributed by atoms with E-state index in [1.165, 1.54) is 0 Å². The second kappa shape index (κ2) is 8.49. The van der Waals surface area contributed by atoms with Crippen molar-refractivity contribution in [3.8, 4) is 0 Å². The predicted octanol–water partition coefficient (Wildman–Crippen LogP) is -0.195. The van der Waals surface area contributed by atoms with E-state index in [1.54, 1.807) is 0 Å². The van der Waals surface area contributed by atoms with Crippen LogP contribution in [0, 0.1) is 0 Å². The predicted molar refractivity (Wildman–Crippen MR) is 71.2 cm³/mol. The Balaban J connectivity index is 0.00000154. The van der Waals surface area contributed by atoms with Gasteiger partial charge in [-0.05, 0) is 25.9 Å². The number of hydrogen-bond acceptors (Lipinski definition) is 4. The van der Waals surface area contributed by atoms with E-state index in [1.807, 2.05) is 4.90 Å². The van der Waals surface area contributed by atoms with E-state index in [2.05, 4.69) is 0 Å². The van der Waals surface area contributed by atoms with Crippen LogP contribution in [0.15, 0.2) is 0 Å². The van der Waals surface area contributed by atoms with Crippen LogP contribution in [0.2, 0.25) is 0 Å². The highest BCUT2D eigenvalue weighted by molar-refractivity contribution is 7.56. The maximum Gasteiger partial charge on any atom is 0.330 e. The van der Waals surface area contributed by atoms with Crippen LogP contribution < -0.4 is 0 Å². The van der Waals surface area contributed by atoms with E-state index in [4.69, 9.17) is 24.7 Å². The average molecular weight is 319 g/mol. The maximum atomic E-state index is 11.2. The van der Waals surface area contributed by atoms with E-state index in [0.29, 0.717) is 0 Å². The van der Waals surface area contributed by atoms with Gasteiger partial charge in [0.1, 0.15) is 0 Å². The van der Waals surface area contributed by atoms with Crippen molar-refractivity contribution in [3.05, 3.63) is 0 Å². The van der Waals surface area contributed by atoms with E-state index in [-0.39, 0.29) is 6.54 Å². The fourth-order valence-electron chi connectivity index (χ4n) is 1.99. The third kappa shape index (κ3) is 8.89. The minimum Gasteiger partial charge on any atom is -0.400 e. The summed E-state index contributed by atoms with van der Waals surface area (Å²) >= 11 is 0. The van der Waals surface area contributed by atoms with Crippen LogP contribution in [0.5, 0.6) is 0 Å². The Morgan fingerprint density at radius 2 is 1.47 bits per heavy atom. The third-order valence-corrected chi connectivity index (χ3v) is 5.34. The molecule has 1 unspecified atom stereocenters. The number of piperidine rings is 1. The second-order valence-electron chi connectivity index (χ2n) is 4.45. The lowest BCUT2D eigenvalue weighted by molar-refractivity contribution is 0.220. The quantitative estimate of drug-likeness (QED) is 0.439. The van der Waals surface area contributed by atoms with Gasteiger partial charge in [-0.3, -0.25) is 9.13 Å². The Labute approximate surface area is 112 Å². The maximum absolute atomic E-state index is 11.2. The molecule has 0 bridgehead atoms. The van der Waals surface area contributed by atoms with Gasteiger partial charge in [-0.1, -0.05) is 6.42 Å². The highest BCUT2D eigenvalue weighted by atomic mass is 31.2. The van der Waals surface area contributed by atoms with Crippen LogP contribution in [-0.2, 0) is 9.13 Å². The molecule has 1 atom stereocenters. The van der Waals surface area contributed by atoms with Crippen LogP contribution >= 0.6 is 15.2 Å². The van der Waals surface area contributed by atoms with Crippen molar-refractivity contribution in [2.75, 3.05) is 32.9 Å². The Bertz CT molecular complexity index is 333. The highest BCUT2D eigenvalue weighted by Crippen LogP contribution is 2.49. The molecule has 116 valence electrons. The zero-order valence-electron chi connectivity index (χ0n) is 10.9. The lowest BCUT2D eigenvalue weighted by Crippen LogP contribution is -2.37. The first-order valence-corrected chi connectivity index (χ1v) is 9.43.